The van der Waals surface area contributed by atoms with Crippen LogP contribution in [-0.2, 0) is 14.3 Å². The van der Waals surface area contributed by atoms with Crippen molar-refractivity contribution in [2.24, 2.45) is 0 Å². The van der Waals surface area contributed by atoms with Crippen LogP contribution < -0.4 is 0 Å². The van der Waals surface area contributed by atoms with Crippen molar-refractivity contribution in [3.8, 4) is 0 Å². The van der Waals surface area contributed by atoms with Gasteiger partial charge in [-0.3, -0.25) is 0 Å². The summed E-state index contributed by atoms with van der Waals surface area (Å²) in [5.41, 5.74) is -1.09. The number of ether oxygens (including phenoxy) is 2. The zero-order valence-corrected chi connectivity index (χ0v) is 13.8. The molecule has 1 saturated heterocycles. The van der Waals surface area contributed by atoms with E-state index in [2.05, 4.69) is 6.58 Å². The third-order valence-electron chi connectivity index (χ3n) is 4.10. The molecular weight excluding hydrogens is 320 g/mol. The van der Waals surface area contributed by atoms with Crippen molar-refractivity contribution in [2.45, 2.75) is 63.0 Å². The van der Waals surface area contributed by atoms with Gasteiger partial charge in [0.1, 0.15) is 18.3 Å². The molecular formula is C16H26O8. The van der Waals surface area contributed by atoms with Gasteiger partial charge < -0.3 is 35.0 Å². The van der Waals surface area contributed by atoms with Crippen molar-refractivity contribution in [1.29, 1.82) is 0 Å². The predicted octanol–water partition coefficient (Wildman–Crippen LogP) is -0.441. The highest BCUT2D eigenvalue weighted by Gasteiger charge is 2.44. The summed E-state index contributed by atoms with van der Waals surface area (Å²) in [6.45, 7) is 6.31. The lowest BCUT2D eigenvalue weighted by Crippen LogP contribution is -2.58. The summed E-state index contributed by atoms with van der Waals surface area (Å²) in [6.07, 6.45) is -2.48. The Balaban J connectivity index is 2.74. The summed E-state index contributed by atoms with van der Waals surface area (Å²) in [4.78, 5) is 10.8. The molecule has 0 amide bonds. The molecule has 1 fully saturated rings. The smallest absolute Gasteiger partial charge is 0.333 e. The van der Waals surface area contributed by atoms with E-state index in [9.17, 15) is 20.1 Å². The quantitative estimate of drug-likeness (QED) is 0.295. The van der Waals surface area contributed by atoms with Gasteiger partial charge in [-0.25, -0.2) is 4.79 Å². The number of carbonyl (C=O) groups is 1. The number of allylic oxidation sites excluding steroid dienone is 1. The largest absolute Gasteiger partial charge is 0.478 e. The number of aliphatic hydroxyl groups is 4. The molecule has 1 aliphatic heterocycles. The molecule has 0 bridgehead atoms. The highest BCUT2D eigenvalue weighted by atomic mass is 16.7. The van der Waals surface area contributed by atoms with Crippen LogP contribution in [0, 0.1) is 0 Å². The number of carboxylic acid groups (broad SMARTS) is 1. The van der Waals surface area contributed by atoms with E-state index in [1.54, 1.807) is 13.8 Å². The number of aliphatic hydroxyl groups excluding tert-OH is 4. The minimum atomic E-state index is -1.43. The lowest BCUT2D eigenvalue weighted by molar-refractivity contribution is -0.313. The van der Waals surface area contributed by atoms with Gasteiger partial charge in [-0.1, -0.05) is 12.2 Å². The molecule has 6 atom stereocenters. The first-order valence-electron chi connectivity index (χ1n) is 7.69. The second-order valence-electron chi connectivity index (χ2n) is 6.05. The summed E-state index contributed by atoms with van der Waals surface area (Å²) in [6, 6.07) is 0. The molecule has 1 heterocycles. The van der Waals surface area contributed by atoms with Gasteiger partial charge >= 0.3 is 5.97 Å². The summed E-state index contributed by atoms with van der Waals surface area (Å²) in [5, 5.41) is 47.3. The van der Waals surface area contributed by atoms with Crippen molar-refractivity contribution >= 4 is 5.97 Å². The van der Waals surface area contributed by atoms with Gasteiger partial charge in [0.25, 0.3) is 0 Å². The van der Waals surface area contributed by atoms with E-state index in [1.165, 1.54) is 12.2 Å². The summed E-state index contributed by atoms with van der Waals surface area (Å²) in [5.74, 6) is -1.20. The number of hydrogen-bond acceptors (Lipinski definition) is 7. The van der Waals surface area contributed by atoms with Crippen molar-refractivity contribution in [3.63, 3.8) is 0 Å². The first kappa shape index (κ1) is 20.8. The molecule has 0 aliphatic carbocycles. The van der Waals surface area contributed by atoms with Crippen LogP contribution in [0.4, 0.5) is 0 Å². The highest BCUT2D eigenvalue weighted by molar-refractivity contribution is 5.86. The Bertz CT molecular complexity index is 477. The van der Waals surface area contributed by atoms with E-state index in [4.69, 9.17) is 19.7 Å². The Morgan fingerprint density at radius 3 is 2.42 bits per heavy atom. The Labute approximate surface area is 140 Å². The number of carboxylic acids is 1. The van der Waals surface area contributed by atoms with Gasteiger partial charge in [-0.2, -0.15) is 0 Å². The summed E-state index contributed by atoms with van der Waals surface area (Å²) < 4.78 is 11.1. The average Bonchev–Trinajstić information content (AvgIpc) is 2.54. The van der Waals surface area contributed by atoms with Crippen LogP contribution in [0.2, 0.25) is 0 Å². The normalized spacial score (nSPS) is 33.8. The summed E-state index contributed by atoms with van der Waals surface area (Å²) >= 11 is 0. The molecule has 24 heavy (non-hydrogen) atoms. The van der Waals surface area contributed by atoms with Crippen molar-refractivity contribution < 1.29 is 39.8 Å². The minimum Gasteiger partial charge on any atom is -0.478 e. The van der Waals surface area contributed by atoms with Crippen LogP contribution in [0.1, 0.15) is 26.7 Å². The second kappa shape index (κ2) is 8.70. The first-order chi connectivity index (χ1) is 11.1. The standard InChI is InChI=1S/C16H26O8/c1-4-16(3,7-5-6-10(8-17)14(21)22)24-15-13(20)12(19)11(18)9(2)23-15/h4,6,9,11-13,15,17-20H,1,5,7-8H2,2-3H3,(H,21,22)/b10-6+/t9-,11-,12+,13-,15+,16?/m1/s1. The fraction of sp³-hybridized carbons (Fsp3) is 0.688. The maximum absolute atomic E-state index is 10.8. The second-order valence-corrected chi connectivity index (χ2v) is 6.05. The lowest BCUT2D eigenvalue weighted by atomic mass is 9.97. The van der Waals surface area contributed by atoms with Crippen LogP contribution in [0.25, 0.3) is 0 Å². The molecule has 138 valence electrons. The number of aliphatic carboxylic acids is 1. The molecule has 5 N–H and O–H groups in total. The monoisotopic (exact) mass is 346 g/mol. The zero-order valence-electron chi connectivity index (χ0n) is 13.8. The molecule has 0 aromatic heterocycles. The van der Waals surface area contributed by atoms with Gasteiger partial charge in [-0.15, -0.1) is 6.58 Å². The average molecular weight is 346 g/mol. The zero-order chi connectivity index (χ0) is 18.5. The lowest BCUT2D eigenvalue weighted by Gasteiger charge is -2.42. The molecule has 1 rings (SSSR count). The maximum Gasteiger partial charge on any atom is 0.333 e. The van der Waals surface area contributed by atoms with E-state index in [0.717, 1.165) is 0 Å². The topological polar surface area (TPSA) is 137 Å². The Morgan fingerprint density at radius 2 is 1.92 bits per heavy atom. The van der Waals surface area contributed by atoms with E-state index in [1.807, 2.05) is 0 Å². The van der Waals surface area contributed by atoms with Gasteiger partial charge in [0.15, 0.2) is 6.29 Å². The van der Waals surface area contributed by atoms with E-state index < -0.39 is 48.9 Å². The van der Waals surface area contributed by atoms with E-state index in [-0.39, 0.29) is 12.0 Å². The van der Waals surface area contributed by atoms with Crippen LogP contribution >= 0.6 is 0 Å². The number of rotatable bonds is 8. The Morgan fingerprint density at radius 1 is 1.29 bits per heavy atom. The summed E-state index contributed by atoms with van der Waals surface area (Å²) in [7, 11) is 0. The first-order valence-corrected chi connectivity index (χ1v) is 7.69. The van der Waals surface area contributed by atoms with Gasteiger partial charge in [0.2, 0.25) is 0 Å². The van der Waals surface area contributed by atoms with Crippen LogP contribution in [0.5, 0.6) is 0 Å². The third kappa shape index (κ3) is 5.10. The van der Waals surface area contributed by atoms with Crippen LogP contribution in [0.3, 0.4) is 0 Å². The molecule has 0 spiro atoms. The van der Waals surface area contributed by atoms with Gasteiger partial charge in [0, 0.05) is 0 Å². The molecule has 1 aliphatic rings. The van der Waals surface area contributed by atoms with Gasteiger partial charge in [0.05, 0.1) is 23.9 Å². The Kier molecular flexibility index (Phi) is 7.53. The Hall–Kier alpha value is -1.29. The highest BCUT2D eigenvalue weighted by Crippen LogP contribution is 2.28. The SMILES string of the molecule is C=CC(C)(CC/C=C(\CO)C(=O)O)O[C@@H]1O[C@H](C)[C@@H](O)[C@H](O)[C@H]1O. The molecule has 8 nitrogen and oxygen atoms in total. The molecule has 0 aromatic rings. The maximum atomic E-state index is 10.8. The van der Waals surface area contributed by atoms with Crippen molar-refractivity contribution in [3.05, 3.63) is 24.3 Å². The van der Waals surface area contributed by atoms with Crippen LogP contribution in [-0.4, -0.2) is 74.4 Å². The molecule has 0 radical (unpaired) electrons. The minimum absolute atomic E-state index is 0.123. The predicted molar refractivity (Wildman–Crippen MR) is 84.1 cm³/mol. The van der Waals surface area contributed by atoms with Crippen LogP contribution in [0.15, 0.2) is 24.3 Å². The molecule has 0 aromatic carbocycles. The number of hydrogen-bond donors (Lipinski definition) is 5. The fourth-order valence-electron chi connectivity index (χ4n) is 2.34. The van der Waals surface area contributed by atoms with Crippen molar-refractivity contribution in [2.75, 3.05) is 6.61 Å². The van der Waals surface area contributed by atoms with Gasteiger partial charge in [-0.05, 0) is 26.7 Å². The fourth-order valence-corrected chi connectivity index (χ4v) is 2.34. The molecule has 1 unspecified atom stereocenters. The third-order valence-corrected chi connectivity index (χ3v) is 4.10. The molecule has 0 saturated carbocycles. The van der Waals surface area contributed by atoms with Crippen molar-refractivity contribution in [1.82, 2.24) is 0 Å². The molecule has 8 heteroatoms. The van der Waals surface area contributed by atoms with E-state index >= 15 is 0 Å². The van der Waals surface area contributed by atoms with E-state index in [0.29, 0.717) is 6.42 Å².